The largest absolute Gasteiger partial charge is 0.492 e. The Morgan fingerprint density at radius 2 is 2.04 bits per heavy atom. The summed E-state index contributed by atoms with van der Waals surface area (Å²) in [6, 6.07) is 5.65. The monoisotopic (exact) mass is 380 g/mol. The predicted molar refractivity (Wildman–Crippen MR) is 107 cm³/mol. The van der Waals surface area contributed by atoms with Gasteiger partial charge in [-0.1, -0.05) is 0 Å². The molecule has 3 aromatic rings. The molecule has 0 spiro atoms. The van der Waals surface area contributed by atoms with Crippen LogP contribution in [0.2, 0.25) is 0 Å². The van der Waals surface area contributed by atoms with Crippen LogP contribution in [-0.4, -0.2) is 57.9 Å². The van der Waals surface area contributed by atoms with Crippen LogP contribution in [0.3, 0.4) is 0 Å². The van der Waals surface area contributed by atoms with Crippen LogP contribution in [0.4, 0.5) is 0 Å². The second-order valence-corrected chi connectivity index (χ2v) is 7.25. The number of rotatable bonds is 5. The Morgan fingerprint density at radius 1 is 1.21 bits per heavy atom. The molecular formula is C21H24N4O3. The van der Waals surface area contributed by atoms with Crippen molar-refractivity contribution in [1.82, 2.24) is 19.3 Å². The van der Waals surface area contributed by atoms with Crippen LogP contribution >= 0.6 is 0 Å². The van der Waals surface area contributed by atoms with Crippen molar-refractivity contribution in [3.8, 4) is 11.5 Å². The minimum absolute atomic E-state index is 0.587. The summed E-state index contributed by atoms with van der Waals surface area (Å²) in [6.07, 6.45) is 4.62. The Bertz CT molecular complexity index is 1060. The maximum absolute atomic E-state index is 10.6. The number of aryl methyl sites for hydroxylation is 2. The molecule has 0 aliphatic carbocycles. The average molecular weight is 380 g/mol. The lowest BCUT2D eigenvalue weighted by Crippen LogP contribution is -2.21. The van der Waals surface area contributed by atoms with Gasteiger partial charge in [-0.2, -0.15) is 0 Å². The molecule has 146 valence electrons. The molecule has 1 N–H and O–H groups in total. The molecule has 1 unspecified atom stereocenters. The van der Waals surface area contributed by atoms with Gasteiger partial charge in [0.15, 0.2) is 5.65 Å². The van der Waals surface area contributed by atoms with Crippen molar-refractivity contribution >= 4 is 17.3 Å². The van der Waals surface area contributed by atoms with Gasteiger partial charge in [-0.3, -0.25) is 4.98 Å². The number of aliphatic hydroxyl groups excluding tert-OH is 1. The fourth-order valence-corrected chi connectivity index (χ4v) is 3.24. The topological polar surface area (TPSA) is 72.1 Å². The molecule has 2 aromatic heterocycles. The fraction of sp³-hybridized carbons (Fsp3) is 0.333. The van der Waals surface area contributed by atoms with E-state index in [2.05, 4.69) is 14.9 Å². The van der Waals surface area contributed by atoms with Crippen LogP contribution in [0.1, 0.15) is 22.6 Å². The summed E-state index contributed by atoms with van der Waals surface area (Å²) < 4.78 is 13.4. The Kier molecular flexibility index (Phi) is 4.78. The van der Waals surface area contributed by atoms with E-state index >= 15 is 0 Å². The van der Waals surface area contributed by atoms with E-state index in [0.29, 0.717) is 23.6 Å². The van der Waals surface area contributed by atoms with Gasteiger partial charge >= 0.3 is 0 Å². The molecule has 0 bridgehead atoms. The van der Waals surface area contributed by atoms with Gasteiger partial charge in [0.25, 0.3) is 0 Å². The molecule has 7 nitrogen and oxygen atoms in total. The molecule has 3 heterocycles. The number of nitrogens with zero attached hydrogens (tertiary/aromatic N) is 4. The molecule has 4 rings (SSSR count). The van der Waals surface area contributed by atoms with E-state index in [1.54, 1.807) is 0 Å². The molecular weight excluding hydrogens is 356 g/mol. The van der Waals surface area contributed by atoms with Crippen LogP contribution < -0.4 is 9.47 Å². The van der Waals surface area contributed by atoms with Crippen LogP contribution in [0.5, 0.6) is 11.5 Å². The fourth-order valence-electron chi connectivity index (χ4n) is 3.24. The van der Waals surface area contributed by atoms with E-state index in [4.69, 9.17) is 9.47 Å². The van der Waals surface area contributed by atoms with E-state index in [1.807, 2.05) is 69.0 Å². The van der Waals surface area contributed by atoms with Crippen molar-refractivity contribution in [2.75, 3.05) is 27.2 Å². The van der Waals surface area contributed by atoms with Crippen molar-refractivity contribution in [2.45, 2.75) is 20.1 Å². The summed E-state index contributed by atoms with van der Waals surface area (Å²) in [6.45, 7) is 5.28. The number of hydrogen-bond acceptors (Lipinski definition) is 6. The molecule has 1 aliphatic heterocycles. The van der Waals surface area contributed by atoms with Crippen molar-refractivity contribution < 1.29 is 14.6 Å². The number of ether oxygens (including phenoxy) is 2. The third-order valence-electron chi connectivity index (χ3n) is 4.63. The molecule has 1 aliphatic rings. The minimum Gasteiger partial charge on any atom is -0.492 e. The van der Waals surface area contributed by atoms with E-state index < -0.39 is 6.29 Å². The summed E-state index contributed by atoms with van der Waals surface area (Å²) in [4.78, 5) is 11.1. The predicted octanol–water partition coefficient (Wildman–Crippen LogP) is 2.54. The van der Waals surface area contributed by atoms with Crippen molar-refractivity contribution in [2.24, 2.45) is 0 Å². The van der Waals surface area contributed by atoms with E-state index in [1.165, 1.54) is 0 Å². The summed E-state index contributed by atoms with van der Waals surface area (Å²) in [5.41, 5.74) is 4.69. The number of aromatic nitrogens is 3. The van der Waals surface area contributed by atoms with Gasteiger partial charge in [0.1, 0.15) is 18.1 Å². The third-order valence-corrected chi connectivity index (χ3v) is 4.63. The maximum Gasteiger partial charge on any atom is 0.226 e. The average Bonchev–Trinajstić information content (AvgIpc) is 3.04. The Morgan fingerprint density at radius 3 is 2.82 bits per heavy atom. The van der Waals surface area contributed by atoms with Crippen molar-refractivity contribution in [3.05, 3.63) is 53.2 Å². The molecule has 0 fully saturated rings. The minimum atomic E-state index is -1.09. The number of aliphatic hydroxyl groups is 1. The first-order valence-corrected chi connectivity index (χ1v) is 9.22. The van der Waals surface area contributed by atoms with Gasteiger partial charge in [0, 0.05) is 36.1 Å². The lowest BCUT2D eigenvalue weighted by molar-refractivity contribution is 0.0316. The molecule has 1 atom stereocenters. The highest BCUT2D eigenvalue weighted by Gasteiger charge is 2.24. The summed E-state index contributed by atoms with van der Waals surface area (Å²) in [5, 5.41) is 10.6. The molecule has 0 saturated carbocycles. The van der Waals surface area contributed by atoms with Gasteiger partial charge < -0.3 is 23.9 Å². The Balaban J connectivity index is 1.64. The molecule has 1 aromatic carbocycles. The van der Waals surface area contributed by atoms with Crippen molar-refractivity contribution in [3.63, 3.8) is 0 Å². The highest BCUT2D eigenvalue weighted by atomic mass is 16.6. The highest BCUT2D eigenvalue weighted by molar-refractivity contribution is 5.86. The van der Waals surface area contributed by atoms with Gasteiger partial charge in [0.05, 0.1) is 17.1 Å². The highest BCUT2D eigenvalue weighted by Crippen LogP contribution is 2.35. The number of imidazole rings is 1. The second kappa shape index (κ2) is 7.26. The van der Waals surface area contributed by atoms with Crippen LogP contribution in [0.25, 0.3) is 17.3 Å². The number of fused-ring (bicyclic) bond motifs is 2. The zero-order chi connectivity index (χ0) is 19.8. The normalized spacial score (nSPS) is 16.1. The standard InChI is InChI=1S/C21H24N4O3/c1-13-11-25-12-18(23-20(25)14(2)22-13)17-9-15-5-6-16(27-8-7-24(3)4)10-19(15)28-21(17)26/h5-6,9-12,21,26H,7-8H2,1-4H3. The van der Waals surface area contributed by atoms with E-state index in [0.717, 1.165) is 34.9 Å². The third kappa shape index (κ3) is 3.58. The van der Waals surface area contributed by atoms with Crippen LogP contribution in [0.15, 0.2) is 30.6 Å². The molecule has 0 saturated heterocycles. The Labute approximate surface area is 163 Å². The van der Waals surface area contributed by atoms with E-state index in [-0.39, 0.29) is 0 Å². The van der Waals surface area contributed by atoms with E-state index in [9.17, 15) is 5.11 Å². The van der Waals surface area contributed by atoms with Gasteiger partial charge in [-0.25, -0.2) is 4.98 Å². The molecule has 0 amide bonds. The summed E-state index contributed by atoms with van der Waals surface area (Å²) >= 11 is 0. The first kappa shape index (κ1) is 18.5. The zero-order valence-corrected chi connectivity index (χ0v) is 16.5. The number of likely N-dealkylation sites (N-methyl/N-ethyl adjacent to an activating group) is 1. The SMILES string of the molecule is Cc1cn2cc(C3=Cc4ccc(OCCN(C)C)cc4OC3O)nc2c(C)n1. The smallest absolute Gasteiger partial charge is 0.226 e. The van der Waals surface area contributed by atoms with Crippen molar-refractivity contribution in [1.29, 1.82) is 0 Å². The lowest BCUT2D eigenvalue weighted by atomic mass is 10.0. The lowest BCUT2D eigenvalue weighted by Gasteiger charge is -2.23. The molecule has 0 radical (unpaired) electrons. The first-order chi connectivity index (χ1) is 13.4. The van der Waals surface area contributed by atoms with Gasteiger partial charge in [-0.05, 0) is 46.2 Å². The number of benzene rings is 1. The van der Waals surface area contributed by atoms with Crippen LogP contribution in [-0.2, 0) is 0 Å². The maximum atomic E-state index is 10.6. The molecule has 28 heavy (non-hydrogen) atoms. The first-order valence-electron chi connectivity index (χ1n) is 9.22. The second-order valence-electron chi connectivity index (χ2n) is 7.25. The summed E-state index contributed by atoms with van der Waals surface area (Å²) in [7, 11) is 4.00. The van der Waals surface area contributed by atoms with Crippen LogP contribution in [0, 0.1) is 13.8 Å². The zero-order valence-electron chi connectivity index (χ0n) is 16.5. The van der Waals surface area contributed by atoms with Gasteiger partial charge in [0.2, 0.25) is 6.29 Å². The number of hydrogen-bond donors (Lipinski definition) is 1. The Hall–Kier alpha value is -2.90. The summed E-state index contributed by atoms with van der Waals surface area (Å²) in [5.74, 6) is 1.31. The molecule has 7 heteroatoms. The van der Waals surface area contributed by atoms with Gasteiger partial charge in [-0.15, -0.1) is 0 Å². The quantitative estimate of drug-likeness (QED) is 0.733.